The van der Waals surface area contributed by atoms with Crippen LogP contribution in [0.1, 0.15) is 29.3 Å². The highest BCUT2D eigenvalue weighted by molar-refractivity contribution is 6.00. The van der Waals surface area contributed by atoms with Crippen LogP contribution in [-0.4, -0.2) is 11.8 Å². The Bertz CT molecular complexity index is 730. The summed E-state index contributed by atoms with van der Waals surface area (Å²) in [5.74, 6) is 0.0596. The van der Waals surface area contributed by atoms with Crippen LogP contribution in [0.2, 0.25) is 0 Å². The van der Waals surface area contributed by atoms with Crippen molar-refractivity contribution in [2.24, 2.45) is 0 Å². The smallest absolute Gasteiger partial charge is 0.308 e. The number of carbonyl (C=O) groups is 2. The second kappa shape index (κ2) is 7.04. The molecule has 0 aliphatic heterocycles. The van der Waals surface area contributed by atoms with Crippen LogP contribution >= 0.6 is 0 Å². The lowest BCUT2D eigenvalue weighted by Gasteiger charge is -2.08. The van der Waals surface area contributed by atoms with Gasteiger partial charge < -0.3 is 10.6 Å². The van der Waals surface area contributed by atoms with Crippen LogP contribution in [0.4, 0.5) is 16.2 Å². The number of nitrogens with one attached hydrogen (secondary N) is 2. The molecule has 0 aliphatic carbocycles. The van der Waals surface area contributed by atoms with Crippen LogP contribution < -0.4 is 10.6 Å². The van der Waals surface area contributed by atoms with Crippen molar-refractivity contribution in [3.8, 4) is 6.07 Å². The van der Waals surface area contributed by atoms with E-state index < -0.39 is 6.03 Å². The van der Waals surface area contributed by atoms with Crippen molar-refractivity contribution in [1.82, 2.24) is 0 Å². The summed E-state index contributed by atoms with van der Waals surface area (Å²) < 4.78 is 0. The third-order valence-corrected chi connectivity index (χ3v) is 3.04. The van der Waals surface area contributed by atoms with Gasteiger partial charge >= 0.3 is 6.03 Å². The van der Waals surface area contributed by atoms with E-state index in [-0.39, 0.29) is 5.78 Å². The standard InChI is InChI=1S/C17H15N3O2/c1-2-16(21)13-6-8-14(9-7-13)19-17(22)20-15-5-3-4-12(10-15)11-18/h3-10H,2H2,1H3,(H2,19,20,22). The first-order valence-electron chi connectivity index (χ1n) is 6.84. The van der Waals surface area contributed by atoms with E-state index in [0.717, 1.165) is 0 Å². The van der Waals surface area contributed by atoms with Crippen molar-refractivity contribution in [1.29, 1.82) is 5.26 Å². The molecule has 0 fully saturated rings. The zero-order chi connectivity index (χ0) is 15.9. The third kappa shape index (κ3) is 3.93. The van der Waals surface area contributed by atoms with E-state index in [1.807, 2.05) is 6.07 Å². The van der Waals surface area contributed by atoms with Gasteiger partial charge in [-0.05, 0) is 42.5 Å². The lowest BCUT2D eigenvalue weighted by molar-refractivity contribution is 0.0988. The fourth-order valence-electron chi connectivity index (χ4n) is 1.90. The average molecular weight is 293 g/mol. The summed E-state index contributed by atoms with van der Waals surface area (Å²) in [5.41, 5.74) is 2.21. The first-order chi connectivity index (χ1) is 10.6. The van der Waals surface area contributed by atoms with Crippen molar-refractivity contribution in [2.75, 3.05) is 10.6 Å². The summed E-state index contributed by atoms with van der Waals surface area (Å²) in [5, 5.41) is 14.1. The van der Waals surface area contributed by atoms with Crippen LogP contribution in [0.5, 0.6) is 0 Å². The van der Waals surface area contributed by atoms with E-state index >= 15 is 0 Å². The molecule has 0 saturated heterocycles. The van der Waals surface area contributed by atoms with E-state index in [0.29, 0.717) is 28.9 Å². The number of hydrogen-bond donors (Lipinski definition) is 2. The molecule has 0 aliphatic rings. The number of carbonyl (C=O) groups excluding carboxylic acids is 2. The topological polar surface area (TPSA) is 82.0 Å². The summed E-state index contributed by atoms with van der Waals surface area (Å²) in [6.45, 7) is 1.80. The van der Waals surface area contributed by atoms with Crippen molar-refractivity contribution in [2.45, 2.75) is 13.3 Å². The number of amides is 2. The Labute approximate surface area is 128 Å². The van der Waals surface area contributed by atoms with Gasteiger partial charge in [-0.15, -0.1) is 0 Å². The van der Waals surface area contributed by atoms with Gasteiger partial charge in [-0.2, -0.15) is 5.26 Å². The molecule has 0 radical (unpaired) electrons. The Balaban J connectivity index is 2.00. The molecule has 5 nitrogen and oxygen atoms in total. The van der Waals surface area contributed by atoms with Gasteiger partial charge in [-0.3, -0.25) is 4.79 Å². The van der Waals surface area contributed by atoms with Gasteiger partial charge in [0.25, 0.3) is 0 Å². The van der Waals surface area contributed by atoms with Gasteiger partial charge in [0.15, 0.2) is 5.78 Å². The Hall–Kier alpha value is -3.13. The van der Waals surface area contributed by atoms with E-state index in [4.69, 9.17) is 5.26 Å². The maximum atomic E-state index is 11.9. The highest BCUT2D eigenvalue weighted by Gasteiger charge is 2.05. The molecule has 2 aromatic carbocycles. The molecule has 2 amide bonds. The third-order valence-electron chi connectivity index (χ3n) is 3.04. The van der Waals surface area contributed by atoms with E-state index in [9.17, 15) is 9.59 Å². The maximum absolute atomic E-state index is 11.9. The molecular weight excluding hydrogens is 278 g/mol. The van der Waals surface area contributed by atoms with E-state index in [2.05, 4.69) is 10.6 Å². The predicted molar refractivity (Wildman–Crippen MR) is 84.9 cm³/mol. The Morgan fingerprint density at radius 2 is 1.73 bits per heavy atom. The van der Waals surface area contributed by atoms with E-state index in [1.165, 1.54) is 0 Å². The zero-order valence-electron chi connectivity index (χ0n) is 12.1. The SMILES string of the molecule is CCC(=O)c1ccc(NC(=O)Nc2cccc(C#N)c2)cc1. The molecule has 22 heavy (non-hydrogen) atoms. The monoisotopic (exact) mass is 293 g/mol. The summed E-state index contributed by atoms with van der Waals surface area (Å²) in [6, 6.07) is 14.9. The summed E-state index contributed by atoms with van der Waals surface area (Å²) in [6.07, 6.45) is 0.447. The van der Waals surface area contributed by atoms with Crippen molar-refractivity contribution in [3.05, 3.63) is 59.7 Å². The first-order valence-corrected chi connectivity index (χ1v) is 6.84. The van der Waals surface area contributed by atoms with Crippen molar-refractivity contribution < 1.29 is 9.59 Å². The van der Waals surface area contributed by atoms with Crippen LogP contribution in [-0.2, 0) is 0 Å². The number of benzene rings is 2. The fourth-order valence-corrected chi connectivity index (χ4v) is 1.90. The fraction of sp³-hybridized carbons (Fsp3) is 0.118. The molecule has 0 heterocycles. The highest BCUT2D eigenvalue weighted by Crippen LogP contribution is 2.13. The molecule has 110 valence electrons. The molecule has 0 unspecified atom stereocenters. The summed E-state index contributed by atoms with van der Waals surface area (Å²) in [4.78, 5) is 23.4. The first kappa shape index (κ1) is 15.3. The number of urea groups is 1. The number of hydrogen-bond acceptors (Lipinski definition) is 3. The number of rotatable bonds is 4. The van der Waals surface area contributed by atoms with Gasteiger partial charge in [0.1, 0.15) is 0 Å². The van der Waals surface area contributed by atoms with Crippen molar-refractivity contribution in [3.63, 3.8) is 0 Å². The molecule has 0 atom stereocenters. The molecule has 0 saturated carbocycles. The second-order valence-corrected chi connectivity index (χ2v) is 4.63. The normalized spacial score (nSPS) is 9.64. The largest absolute Gasteiger partial charge is 0.323 e. The van der Waals surface area contributed by atoms with Crippen LogP contribution in [0.15, 0.2) is 48.5 Å². The minimum atomic E-state index is -0.412. The maximum Gasteiger partial charge on any atom is 0.323 e. The van der Waals surface area contributed by atoms with Crippen LogP contribution in [0.25, 0.3) is 0 Å². The van der Waals surface area contributed by atoms with Gasteiger partial charge in [0, 0.05) is 23.4 Å². The lowest BCUT2D eigenvalue weighted by atomic mass is 10.1. The molecule has 0 aromatic heterocycles. The molecule has 2 aromatic rings. The van der Waals surface area contributed by atoms with Gasteiger partial charge in [-0.1, -0.05) is 13.0 Å². The van der Waals surface area contributed by atoms with Crippen LogP contribution in [0, 0.1) is 11.3 Å². The quantitative estimate of drug-likeness (QED) is 0.841. The zero-order valence-corrected chi connectivity index (χ0v) is 12.1. The minimum Gasteiger partial charge on any atom is -0.308 e. The van der Waals surface area contributed by atoms with Crippen LogP contribution in [0.3, 0.4) is 0 Å². The Kier molecular flexibility index (Phi) is 4.89. The van der Waals surface area contributed by atoms with Crippen molar-refractivity contribution >= 4 is 23.2 Å². The average Bonchev–Trinajstić information content (AvgIpc) is 2.55. The van der Waals surface area contributed by atoms with E-state index in [1.54, 1.807) is 55.5 Å². The summed E-state index contributed by atoms with van der Waals surface area (Å²) in [7, 11) is 0. The lowest BCUT2D eigenvalue weighted by Crippen LogP contribution is -2.19. The molecule has 2 rings (SSSR count). The number of anilines is 2. The number of ketones is 1. The van der Waals surface area contributed by atoms with Gasteiger partial charge in [-0.25, -0.2) is 4.79 Å². The highest BCUT2D eigenvalue weighted by atomic mass is 16.2. The minimum absolute atomic E-state index is 0.0596. The predicted octanol–water partition coefficient (Wildman–Crippen LogP) is 3.79. The Morgan fingerprint density at radius 1 is 1.05 bits per heavy atom. The number of nitriles is 1. The number of Topliss-reactive ketones (excluding diaryl/α,β-unsaturated/α-hetero) is 1. The Morgan fingerprint density at radius 3 is 2.36 bits per heavy atom. The van der Waals surface area contributed by atoms with Gasteiger partial charge in [0.2, 0.25) is 0 Å². The molecular formula is C17H15N3O2. The molecule has 0 spiro atoms. The van der Waals surface area contributed by atoms with Gasteiger partial charge in [0.05, 0.1) is 11.6 Å². The second-order valence-electron chi connectivity index (χ2n) is 4.63. The molecule has 0 bridgehead atoms. The molecule has 2 N–H and O–H groups in total. The summed E-state index contributed by atoms with van der Waals surface area (Å²) >= 11 is 0. The number of nitrogens with zero attached hydrogens (tertiary/aromatic N) is 1. The molecule has 5 heteroatoms.